The van der Waals surface area contributed by atoms with Gasteiger partial charge in [0.2, 0.25) is 5.91 Å². The lowest BCUT2D eigenvalue weighted by molar-refractivity contribution is -0.124. The van der Waals surface area contributed by atoms with E-state index < -0.39 is 11.7 Å². The predicted octanol–water partition coefficient (Wildman–Crippen LogP) is 3.19. The number of benzene rings is 2. The van der Waals surface area contributed by atoms with Gasteiger partial charge in [-0.2, -0.15) is 0 Å². The molecule has 152 valence electrons. The minimum atomic E-state index is -0.713. The van der Waals surface area contributed by atoms with E-state index in [1.54, 1.807) is 30.3 Å². The van der Waals surface area contributed by atoms with Crippen molar-refractivity contribution in [3.05, 3.63) is 74.9 Å². The Balaban J connectivity index is 2.41. The number of fused-ring (bicyclic) bond motifs is 1. The molecule has 0 aliphatic rings. The van der Waals surface area contributed by atoms with Crippen LogP contribution in [-0.2, 0) is 11.2 Å². The fraction of sp³-hybridized carbons (Fsp3) is 0.348. The van der Waals surface area contributed by atoms with Gasteiger partial charge in [-0.25, -0.2) is 9.36 Å². The Bertz CT molecular complexity index is 1160. The number of rotatable bonds is 6. The van der Waals surface area contributed by atoms with Crippen molar-refractivity contribution >= 4 is 16.8 Å². The quantitative estimate of drug-likeness (QED) is 0.699. The fourth-order valence-corrected chi connectivity index (χ4v) is 3.69. The first-order chi connectivity index (χ1) is 13.9. The highest BCUT2D eigenvalue weighted by atomic mass is 16.2. The minimum Gasteiger partial charge on any atom is -0.352 e. The molecular weight excluding hydrogens is 366 g/mol. The van der Waals surface area contributed by atoms with E-state index in [0.29, 0.717) is 29.4 Å². The van der Waals surface area contributed by atoms with Crippen LogP contribution < -0.4 is 16.6 Å². The van der Waals surface area contributed by atoms with Crippen LogP contribution in [0.4, 0.5) is 0 Å². The normalized spacial score (nSPS) is 12.3. The summed E-state index contributed by atoms with van der Waals surface area (Å²) in [6, 6.07) is 13.6. The highest BCUT2D eigenvalue weighted by molar-refractivity contribution is 5.84. The number of carbonyl (C=O) groups excluding carboxylic acids is 1. The maximum Gasteiger partial charge on any atom is 0.336 e. The molecule has 0 aliphatic carbocycles. The third kappa shape index (κ3) is 3.75. The molecule has 3 rings (SSSR count). The van der Waals surface area contributed by atoms with Gasteiger partial charge in [-0.3, -0.25) is 14.2 Å². The van der Waals surface area contributed by atoms with Gasteiger partial charge >= 0.3 is 5.69 Å². The number of aryl methyl sites for hydroxylation is 1. The average Bonchev–Trinajstić information content (AvgIpc) is 2.71. The van der Waals surface area contributed by atoms with E-state index in [0.717, 1.165) is 5.56 Å². The zero-order valence-corrected chi connectivity index (χ0v) is 17.3. The van der Waals surface area contributed by atoms with Gasteiger partial charge in [0.25, 0.3) is 5.56 Å². The molecule has 0 saturated carbocycles. The van der Waals surface area contributed by atoms with Crippen LogP contribution in [0.3, 0.4) is 0 Å². The Morgan fingerprint density at radius 3 is 2.31 bits per heavy atom. The molecule has 3 aromatic rings. The molecule has 0 spiro atoms. The molecule has 1 heterocycles. The third-order valence-corrected chi connectivity index (χ3v) is 5.04. The number of nitrogens with zero attached hydrogens (tertiary/aromatic N) is 2. The van der Waals surface area contributed by atoms with Gasteiger partial charge in [0.05, 0.1) is 16.6 Å². The molecule has 1 N–H and O–H groups in total. The van der Waals surface area contributed by atoms with Crippen molar-refractivity contribution < 1.29 is 4.79 Å². The molecule has 1 atom stereocenters. The van der Waals surface area contributed by atoms with Crippen LogP contribution in [-0.4, -0.2) is 21.1 Å². The van der Waals surface area contributed by atoms with Gasteiger partial charge < -0.3 is 5.32 Å². The molecule has 2 aromatic carbocycles. The molecule has 0 saturated heterocycles. The van der Waals surface area contributed by atoms with Gasteiger partial charge in [-0.1, -0.05) is 44.2 Å². The molecule has 0 unspecified atom stereocenters. The smallest absolute Gasteiger partial charge is 0.336 e. The SMILES string of the molecule is CCc1ccccc1-n1c(=O)c2ccccc2n([C@H](CC)C(=O)NC(C)C)c1=O. The standard InChI is InChI=1S/C23H27N3O3/c1-5-16-11-7-9-13-19(16)26-22(28)17-12-8-10-14-20(17)25(23(26)29)18(6-2)21(27)24-15(3)4/h7-15,18H,5-6H2,1-4H3,(H,24,27)/t18-/m1/s1. The topological polar surface area (TPSA) is 73.1 Å². The van der Waals surface area contributed by atoms with Gasteiger partial charge in [0.15, 0.2) is 0 Å². The second-order valence-corrected chi connectivity index (χ2v) is 7.38. The van der Waals surface area contributed by atoms with Gasteiger partial charge in [-0.15, -0.1) is 0 Å². The Morgan fingerprint density at radius 1 is 1.00 bits per heavy atom. The summed E-state index contributed by atoms with van der Waals surface area (Å²) in [7, 11) is 0. The van der Waals surface area contributed by atoms with Crippen LogP contribution in [0.1, 0.15) is 45.7 Å². The van der Waals surface area contributed by atoms with Crippen molar-refractivity contribution in [2.75, 3.05) is 0 Å². The number of nitrogens with one attached hydrogen (secondary N) is 1. The van der Waals surface area contributed by atoms with Crippen LogP contribution in [0.2, 0.25) is 0 Å². The number of hydrogen-bond donors (Lipinski definition) is 1. The first kappa shape index (κ1) is 20.6. The third-order valence-electron chi connectivity index (χ3n) is 5.04. The summed E-state index contributed by atoms with van der Waals surface area (Å²) in [5.74, 6) is -0.233. The zero-order valence-electron chi connectivity index (χ0n) is 17.3. The summed E-state index contributed by atoms with van der Waals surface area (Å²) < 4.78 is 2.66. The Kier molecular flexibility index (Phi) is 6.01. The van der Waals surface area contributed by atoms with Gasteiger partial charge in [0.1, 0.15) is 6.04 Å². The van der Waals surface area contributed by atoms with E-state index in [-0.39, 0.29) is 17.5 Å². The lowest BCUT2D eigenvalue weighted by Gasteiger charge is -2.23. The maximum absolute atomic E-state index is 13.6. The van der Waals surface area contributed by atoms with E-state index in [1.165, 1.54) is 9.13 Å². The van der Waals surface area contributed by atoms with Gasteiger partial charge in [-0.05, 0) is 50.5 Å². The van der Waals surface area contributed by atoms with E-state index in [1.807, 2.05) is 45.9 Å². The molecule has 0 aliphatic heterocycles. The minimum absolute atomic E-state index is 0.0507. The van der Waals surface area contributed by atoms with E-state index in [9.17, 15) is 14.4 Å². The monoisotopic (exact) mass is 393 g/mol. The summed E-state index contributed by atoms with van der Waals surface area (Å²) in [5.41, 5.74) is 1.05. The molecule has 0 radical (unpaired) electrons. The van der Waals surface area contributed by atoms with E-state index in [4.69, 9.17) is 0 Å². The van der Waals surface area contributed by atoms with Crippen molar-refractivity contribution in [3.63, 3.8) is 0 Å². The second kappa shape index (κ2) is 8.47. The molecule has 0 bridgehead atoms. The van der Waals surface area contributed by atoms with Crippen LogP contribution in [0.25, 0.3) is 16.6 Å². The Hall–Kier alpha value is -3.15. The number of hydrogen-bond acceptors (Lipinski definition) is 3. The number of para-hydroxylation sites is 2. The van der Waals surface area contributed by atoms with Crippen molar-refractivity contribution in [1.82, 2.24) is 14.5 Å². The maximum atomic E-state index is 13.6. The summed E-state index contributed by atoms with van der Waals surface area (Å²) in [4.78, 5) is 39.8. The largest absolute Gasteiger partial charge is 0.352 e. The number of amides is 1. The molecule has 6 nitrogen and oxygen atoms in total. The summed E-state index contributed by atoms with van der Waals surface area (Å²) in [6.45, 7) is 7.60. The van der Waals surface area contributed by atoms with Crippen molar-refractivity contribution in [2.45, 2.75) is 52.6 Å². The molecule has 1 amide bonds. The molecular formula is C23H27N3O3. The van der Waals surface area contributed by atoms with Crippen LogP contribution >= 0.6 is 0 Å². The highest BCUT2D eigenvalue weighted by Crippen LogP contribution is 2.19. The van der Waals surface area contributed by atoms with E-state index in [2.05, 4.69) is 5.32 Å². The summed E-state index contributed by atoms with van der Waals surface area (Å²) in [5, 5.41) is 3.31. The van der Waals surface area contributed by atoms with Crippen molar-refractivity contribution in [3.8, 4) is 5.69 Å². The first-order valence-electron chi connectivity index (χ1n) is 10.1. The van der Waals surface area contributed by atoms with E-state index >= 15 is 0 Å². The first-order valence-corrected chi connectivity index (χ1v) is 10.1. The lowest BCUT2D eigenvalue weighted by atomic mass is 10.1. The van der Waals surface area contributed by atoms with Crippen LogP contribution in [0.5, 0.6) is 0 Å². The Labute approximate surface area is 169 Å². The Morgan fingerprint density at radius 2 is 1.66 bits per heavy atom. The summed E-state index contributed by atoms with van der Waals surface area (Å²) >= 11 is 0. The molecule has 6 heteroatoms. The highest BCUT2D eigenvalue weighted by Gasteiger charge is 2.25. The fourth-order valence-electron chi connectivity index (χ4n) is 3.69. The lowest BCUT2D eigenvalue weighted by Crippen LogP contribution is -2.45. The molecule has 1 aromatic heterocycles. The van der Waals surface area contributed by atoms with Gasteiger partial charge in [0, 0.05) is 6.04 Å². The average molecular weight is 393 g/mol. The van der Waals surface area contributed by atoms with Crippen LogP contribution in [0.15, 0.2) is 58.1 Å². The summed E-state index contributed by atoms with van der Waals surface area (Å²) in [6.07, 6.45) is 1.11. The molecule has 29 heavy (non-hydrogen) atoms. The zero-order chi connectivity index (χ0) is 21.1. The van der Waals surface area contributed by atoms with Crippen LogP contribution in [0, 0.1) is 0 Å². The van der Waals surface area contributed by atoms with Crippen molar-refractivity contribution in [2.24, 2.45) is 0 Å². The predicted molar refractivity (Wildman–Crippen MR) is 116 cm³/mol. The van der Waals surface area contributed by atoms with Crippen molar-refractivity contribution in [1.29, 1.82) is 0 Å². The number of carbonyl (C=O) groups is 1. The number of aromatic nitrogens is 2. The molecule has 0 fully saturated rings. The second-order valence-electron chi connectivity index (χ2n) is 7.38.